The minimum atomic E-state index is -3.96. The first-order valence-corrected chi connectivity index (χ1v) is 10.6. The van der Waals surface area contributed by atoms with E-state index in [2.05, 4.69) is 10.0 Å². The summed E-state index contributed by atoms with van der Waals surface area (Å²) in [6.45, 7) is 0. The van der Waals surface area contributed by atoms with Crippen molar-refractivity contribution in [2.24, 2.45) is 5.92 Å². The summed E-state index contributed by atoms with van der Waals surface area (Å²) in [7, 11) is -3.96. The van der Waals surface area contributed by atoms with E-state index in [0.29, 0.717) is 18.5 Å². The highest BCUT2D eigenvalue weighted by atomic mass is 32.2. The van der Waals surface area contributed by atoms with Crippen LogP contribution in [0.25, 0.3) is 0 Å². The molecule has 0 radical (unpaired) electrons. The molecule has 0 aromatic heterocycles. The zero-order chi connectivity index (χ0) is 20.1. The first-order valence-electron chi connectivity index (χ1n) is 9.09. The normalized spacial score (nSPS) is 15.0. The van der Waals surface area contributed by atoms with Gasteiger partial charge in [-0.3, -0.25) is 9.59 Å². The second kappa shape index (κ2) is 8.52. The van der Waals surface area contributed by atoms with Crippen molar-refractivity contribution in [2.45, 2.75) is 37.0 Å². The van der Waals surface area contributed by atoms with Crippen LogP contribution in [0.1, 0.15) is 42.5 Å². The Morgan fingerprint density at radius 1 is 0.893 bits per heavy atom. The molecule has 2 amide bonds. The molecular formula is C20H21FN2O4S. The van der Waals surface area contributed by atoms with E-state index in [1.165, 1.54) is 48.5 Å². The number of hydrogen-bond donors (Lipinski definition) is 2. The van der Waals surface area contributed by atoms with E-state index in [0.717, 1.165) is 19.3 Å². The van der Waals surface area contributed by atoms with E-state index < -0.39 is 27.7 Å². The molecule has 0 bridgehead atoms. The monoisotopic (exact) mass is 404 g/mol. The van der Waals surface area contributed by atoms with Gasteiger partial charge in [-0.05, 0) is 61.4 Å². The van der Waals surface area contributed by atoms with Crippen LogP contribution in [0.5, 0.6) is 0 Å². The lowest BCUT2D eigenvalue weighted by Gasteiger charge is -2.20. The number of benzene rings is 2. The smallest absolute Gasteiger partial charge is 0.264 e. The lowest BCUT2D eigenvalue weighted by Crippen LogP contribution is -2.36. The second-order valence-corrected chi connectivity index (χ2v) is 8.47. The van der Waals surface area contributed by atoms with Gasteiger partial charge in [0.1, 0.15) is 5.82 Å². The molecule has 2 N–H and O–H groups in total. The van der Waals surface area contributed by atoms with Gasteiger partial charge in [-0.15, -0.1) is 0 Å². The molecular weight excluding hydrogens is 383 g/mol. The second-order valence-electron chi connectivity index (χ2n) is 6.79. The van der Waals surface area contributed by atoms with Crippen molar-refractivity contribution in [3.8, 4) is 0 Å². The molecule has 0 unspecified atom stereocenters. The summed E-state index contributed by atoms with van der Waals surface area (Å²) in [4.78, 5) is 24.3. The molecule has 0 heterocycles. The summed E-state index contributed by atoms with van der Waals surface area (Å²) in [5.74, 6) is -1.62. The van der Waals surface area contributed by atoms with Crippen molar-refractivity contribution >= 4 is 27.5 Å². The van der Waals surface area contributed by atoms with Gasteiger partial charge in [0.05, 0.1) is 4.90 Å². The molecule has 8 heteroatoms. The highest BCUT2D eigenvalue weighted by Crippen LogP contribution is 2.24. The fraction of sp³-hybridized carbons (Fsp3) is 0.300. The third-order valence-corrected chi connectivity index (χ3v) is 6.10. The maximum absolute atomic E-state index is 12.9. The zero-order valence-corrected chi connectivity index (χ0v) is 16.0. The minimum absolute atomic E-state index is 0.0589. The van der Waals surface area contributed by atoms with Crippen molar-refractivity contribution in [1.82, 2.24) is 4.72 Å². The summed E-state index contributed by atoms with van der Waals surface area (Å²) >= 11 is 0. The molecule has 2 aromatic rings. The predicted molar refractivity (Wildman–Crippen MR) is 103 cm³/mol. The van der Waals surface area contributed by atoms with Crippen LogP contribution in [0, 0.1) is 11.7 Å². The van der Waals surface area contributed by atoms with Crippen molar-refractivity contribution in [3.05, 3.63) is 59.9 Å². The number of carbonyl (C=O) groups excluding carboxylic acids is 2. The Kier molecular flexibility index (Phi) is 6.08. The van der Waals surface area contributed by atoms with Gasteiger partial charge in [-0.1, -0.05) is 19.3 Å². The standard InChI is InChI=1S/C20H21FN2O4S/c21-16-8-6-15(7-9-16)19(24)22-17-10-12-18(13-11-17)28(26,27)23-20(25)14-4-2-1-3-5-14/h6-14H,1-5H2,(H,22,24)(H,23,25). The number of rotatable bonds is 5. The molecule has 28 heavy (non-hydrogen) atoms. The predicted octanol–water partition coefficient (Wildman–Crippen LogP) is 3.46. The maximum Gasteiger partial charge on any atom is 0.264 e. The van der Waals surface area contributed by atoms with Gasteiger partial charge < -0.3 is 5.32 Å². The summed E-state index contributed by atoms with van der Waals surface area (Å²) in [6, 6.07) is 10.6. The van der Waals surface area contributed by atoms with Crippen molar-refractivity contribution in [2.75, 3.05) is 5.32 Å². The van der Waals surface area contributed by atoms with Crippen LogP contribution in [0.2, 0.25) is 0 Å². The Labute approximate surface area is 163 Å². The summed E-state index contributed by atoms with van der Waals surface area (Å²) in [5.41, 5.74) is 0.657. The summed E-state index contributed by atoms with van der Waals surface area (Å²) < 4.78 is 39.9. The number of nitrogens with one attached hydrogen (secondary N) is 2. The molecule has 0 atom stereocenters. The van der Waals surface area contributed by atoms with Gasteiger partial charge in [-0.25, -0.2) is 17.5 Å². The first-order chi connectivity index (χ1) is 13.3. The average Bonchev–Trinajstić information content (AvgIpc) is 2.69. The number of halogens is 1. The van der Waals surface area contributed by atoms with Crippen molar-refractivity contribution in [3.63, 3.8) is 0 Å². The van der Waals surface area contributed by atoms with E-state index in [-0.39, 0.29) is 16.4 Å². The van der Waals surface area contributed by atoms with E-state index in [1.54, 1.807) is 0 Å². The fourth-order valence-corrected chi connectivity index (χ4v) is 4.21. The topological polar surface area (TPSA) is 92.3 Å². The van der Waals surface area contributed by atoms with Crippen LogP contribution in [-0.2, 0) is 14.8 Å². The van der Waals surface area contributed by atoms with E-state index in [1.807, 2.05) is 0 Å². The molecule has 0 aliphatic heterocycles. The van der Waals surface area contributed by atoms with Gasteiger partial charge in [0.2, 0.25) is 5.91 Å². The molecule has 3 rings (SSSR count). The number of sulfonamides is 1. The number of hydrogen-bond acceptors (Lipinski definition) is 4. The molecule has 0 saturated heterocycles. The van der Waals surface area contributed by atoms with Crippen molar-refractivity contribution < 1.29 is 22.4 Å². The first kappa shape index (κ1) is 20.0. The molecule has 6 nitrogen and oxygen atoms in total. The lowest BCUT2D eigenvalue weighted by atomic mass is 9.89. The summed E-state index contributed by atoms with van der Waals surface area (Å²) in [6.07, 6.45) is 4.34. The Balaban J connectivity index is 1.64. The third kappa shape index (κ3) is 4.95. The molecule has 148 valence electrons. The molecule has 1 fully saturated rings. The van der Waals surface area contributed by atoms with Gasteiger partial charge >= 0.3 is 0 Å². The molecule has 2 aromatic carbocycles. The van der Waals surface area contributed by atoms with Gasteiger partial charge in [0.15, 0.2) is 0 Å². The molecule has 1 saturated carbocycles. The van der Waals surface area contributed by atoms with Crippen LogP contribution < -0.4 is 10.0 Å². The highest BCUT2D eigenvalue weighted by Gasteiger charge is 2.26. The van der Waals surface area contributed by atoms with E-state index >= 15 is 0 Å². The Morgan fingerprint density at radius 2 is 1.50 bits per heavy atom. The van der Waals surface area contributed by atoms with Crippen LogP contribution >= 0.6 is 0 Å². The lowest BCUT2D eigenvalue weighted by molar-refractivity contribution is -0.124. The minimum Gasteiger partial charge on any atom is -0.322 e. The van der Waals surface area contributed by atoms with E-state index in [4.69, 9.17) is 0 Å². The van der Waals surface area contributed by atoms with Crippen LogP contribution in [0.3, 0.4) is 0 Å². The zero-order valence-electron chi connectivity index (χ0n) is 15.2. The Morgan fingerprint density at radius 3 is 2.11 bits per heavy atom. The quantitative estimate of drug-likeness (QED) is 0.798. The molecule has 1 aliphatic carbocycles. The summed E-state index contributed by atoms with van der Waals surface area (Å²) in [5, 5.41) is 2.61. The molecule has 1 aliphatic rings. The molecule has 0 spiro atoms. The van der Waals surface area contributed by atoms with Crippen LogP contribution in [-0.4, -0.2) is 20.2 Å². The highest BCUT2D eigenvalue weighted by molar-refractivity contribution is 7.90. The Hall–Kier alpha value is -2.74. The van der Waals surface area contributed by atoms with Gasteiger partial charge in [-0.2, -0.15) is 0 Å². The van der Waals surface area contributed by atoms with Gasteiger partial charge in [0, 0.05) is 17.2 Å². The maximum atomic E-state index is 12.9. The van der Waals surface area contributed by atoms with Crippen LogP contribution in [0.15, 0.2) is 53.4 Å². The fourth-order valence-electron chi connectivity index (χ4n) is 3.16. The largest absolute Gasteiger partial charge is 0.322 e. The average molecular weight is 404 g/mol. The SMILES string of the molecule is O=C(Nc1ccc(S(=O)(=O)NC(=O)C2CCCCC2)cc1)c1ccc(F)cc1. The number of carbonyl (C=O) groups is 2. The van der Waals surface area contributed by atoms with E-state index in [9.17, 15) is 22.4 Å². The Bertz CT molecular complexity index is 951. The van der Waals surface area contributed by atoms with Crippen LogP contribution in [0.4, 0.5) is 10.1 Å². The van der Waals surface area contributed by atoms with Gasteiger partial charge in [0.25, 0.3) is 15.9 Å². The van der Waals surface area contributed by atoms with Crippen molar-refractivity contribution in [1.29, 1.82) is 0 Å². The number of amides is 2. The third-order valence-electron chi connectivity index (χ3n) is 4.74. The number of anilines is 1.